The van der Waals surface area contributed by atoms with Gasteiger partial charge in [0.25, 0.3) is 0 Å². The van der Waals surface area contributed by atoms with Crippen LogP contribution >= 0.6 is 35.6 Å². The van der Waals surface area contributed by atoms with E-state index in [1.165, 1.54) is 4.90 Å². The number of likely N-dealkylation sites (tertiary alicyclic amines) is 1. The fourth-order valence-corrected chi connectivity index (χ4v) is 3.52. The van der Waals surface area contributed by atoms with Gasteiger partial charge in [-0.05, 0) is 62.9 Å². The minimum absolute atomic E-state index is 0. The summed E-state index contributed by atoms with van der Waals surface area (Å²) in [5, 5.41) is 17.3. The zero-order valence-electron chi connectivity index (χ0n) is 17.1. The van der Waals surface area contributed by atoms with Crippen LogP contribution in [0.15, 0.2) is 29.3 Å². The smallest absolute Gasteiger partial charge is 0.386 e. The first-order valence-corrected chi connectivity index (χ1v) is 10.4. The van der Waals surface area contributed by atoms with Crippen molar-refractivity contribution >= 4 is 41.5 Å². The summed E-state index contributed by atoms with van der Waals surface area (Å²) in [5.41, 5.74) is 0.750. The summed E-state index contributed by atoms with van der Waals surface area (Å²) in [6.07, 6.45) is -2.41. The van der Waals surface area contributed by atoms with Crippen molar-refractivity contribution in [3.63, 3.8) is 0 Å². The summed E-state index contributed by atoms with van der Waals surface area (Å²) < 4.78 is 37.4. The van der Waals surface area contributed by atoms with Crippen LogP contribution in [0.2, 0.25) is 5.02 Å². The molecule has 1 fully saturated rings. The Balaban J connectivity index is 0.00000450. The first-order chi connectivity index (χ1) is 13.8. The molecule has 0 amide bonds. The van der Waals surface area contributed by atoms with E-state index in [0.29, 0.717) is 43.1 Å². The minimum Gasteiger partial charge on any atom is -0.386 e. The zero-order valence-corrected chi connectivity index (χ0v) is 20.2. The van der Waals surface area contributed by atoms with Gasteiger partial charge in [-0.25, -0.2) is 0 Å². The van der Waals surface area contributed by atoms with Crippen molar-refractivity contribution in [1.29, 1.82) is 0 Å². The van der Waals surface area contributed by atoms with E-state index >= 15 is 0 Å². The molecule has 1 unspecified atom stereocenters. The molecule has 1 aromatic rings. The van der Waals surface area contributed by atoms with E-state index in [9.17, 15) is 18.3 Å². The van der Waals surface area contributed by atoms with E-state index in [-0.39, 0.29) is 30.5 Å². The molecule has 5 nitrogen and oxygen atoms in total. The van der Waals surface area contributed by atoms with E-state index in [0.717, 1.165) is 24.8 Å². The van der Waals surface area contributed by atoms with Gasteiger partial charge in [-0.1, -0.05) is 23.7 Å². The van der Waals surface area contributed by atoms with Gasteiger partial charge in [-0.3, -0.25) is 9.89 Å². The number of hydrogen-bond acceptors (Lipinski definition) is 3. The number of aliphatic hydroxyl groups excluding tert-OH is 1. The predicted octanol–water partition coefficient (Wildman–Crippen LogP) is 4.21. The maximum absolute atomic E-state index is 12.5. The third kappa shape index (κ3) is 10.5. The van der Waals surface area contributed by atoms with Crippen LogP contribution < -0.4 is 10.6 Å². The summed E-state index contributed by atoms with van der Waals surface area (Å²) in [7, 11) is 0. The zero-order chi connectivity index (χ0) is 21.3. The SMILES string of the molecule is CCNC(=NCC(O)c1ccc(Cl)cc1)NCCC1CCN(CC(F)(F)F)CC1.I. The van der Waals surface area contributed by atoms with Crippen LogP contribution in [0.5, 0.6) is 0 Å². The molecule has 0 saturated carbocycles. The number of benzene rings is 1. The van der Waals surface area contributed by atoms with Gasteiger partial charge in [0.15, 0.2) is 5.96 Å². The quantitative estimate of drug-likeness (QED) is 0.252. The van der Waals surface area contributed by atoms with Gasteiger partial charge >= 0.3 is 6.18 Å². The first kappa shape index (κ1) is 27.3. The number of rotatable bonds is 8. The van der Waals surface area contributed by atoms with Gasteiger partial charge in [0.1, 0.15) is 0 Å². The largest absolute Gasteiger partial charge is 0.401 e. The van der Waals surface area contributed by atoms with Crippen LogP contribution in [0.1, 0.15) is 37.9 Å². The van der Waals surface area contributed by atoms with Crippen molar-refractivity contribution < 1.29 is 18.3 Å². The molecule has 3 N–H and O–H groups in total. The topological polar surface area (TPSA) is 59.9 Å². The highest BCUT2D eigenvalue weighted by Gasteiger charge is 2.32. The van der Waals surface area contributed by atoms with Crippen molar-refractivity contribution in [2.24, 2.45) is 10.9 Å². The summed E-state index contributed by atoms with van der Waals surface area (Å²) in [6, 6.07) is 7.00. The third-order valence-electron chi connectivity index (χ3n) is 4.98. The lowest BCUT2D eigenvalue weighted by molar-refractivity contribution is -0.148. The average Bonchev–Trinajstić information content (AvgIpc) is 2.66. The van der Waals surface area contributed by atoms with Crippen molar-refractivity contribution in [2.45, 2.75) is 38.5 Å². The van der Waals surface area contributed by atoms with Crippen molar-refractivity contribution in [3.8, 4) is 0 Å². The Labute approximate surface area is 198 Å². The van der Waals surface area contributed by atoms with Crippen LogP contribution in [-0.4, -0.2) is 61.4 Å². The molecule has 1 aliphatic heterocycles. The van der Waals surface area contributed by atoms with Crippen molar-refractivity contribution in [3.05, 3.63) is 34.9 Å². The van der Waals surface area contributed by atoms with Crippen LogP contribution in [-0.2, 0) is 0 Å². The lowest BCUT2D eigenvalue weighted by Gasteiger charge is -2.32. The van der Waals surface area contributed by atoms with E-state index < -0.39 is 18.8 Å². The number of hydrogen-bond donors (Lipinski definition) is 3. The van der Waals surface area contributed by atoms with Gasteiger partial charge in [-0.2, -0.15) is 13.2 Å². The summed E-state index contributed by atoms with van der Waals surface area (Å²) in [6.45, 7) is 3.73. The Bertz CT molecular complexity index is 638. The number of halogens is 5. The van der Waals surface area contributed by atoms with Crippen LogP contribution in [0.4, 0.5) is 13.2 Å². The van der Waals surface area contributed by atoms with Gasteiger partial charge in [0.05, 0.1) is 19.2 Å². The number of alkyl halides is 3. The second kappa shape index (κ2) is 13.6. The predicted molar refractivity (Wildman–Crippen MR) is 126 cm³/mol. The Morgan fingerprint density at radius 3 is 2.43 bits per heavy atom. The Hall–Kier alpha value is -0.780. The molecule has 0 aliphatic carbocycles. The number of aliphatic hydroxyl groups is 1. The number of piperidine rings is 1. The summed E-state index contributed by atoms with van der Waals surface area (Å²) in [4.78, 5) is 5.91. The minimum atomic E-state index is -4.12. The van der Waals surface area contributed by atoms with E-state index in [4.69, 9.17) is 11.6 Å². The molecule has 10 heteroatoms. The van der Waals surface area contributed by atoms with Gasteiger partial charge in [-0.15, -0.1) is 24.0 Å². The number of guanidine groups is 1. The molecule has 1 atom stereocenters. The standard InChI is InChI=1S/C20H30ClF3N4O.HI/c1-2-25-19(27-13-18(29)16-3-5-17(21)6-4-16)26-10-7-15-8-11-28(12-9-15)14-20(22,23)24;/h3-6,15,18,29H,2,7-14H2,1H3,(H2,25,26,27);1H. The Morgan fingerprint density at radius 1 is 1.23 bits per heavy atom. The number of aliphatic imine (C=N–C) groups is 1. The molecule has 1 aromatic carbocycles. The first-order valence-electron chi connectivity index (χ1n) is 10.0. The molecule has 0 aromatic heterocycles. The van der Waals surface area contributed by atoms with E-state index in [2.05, 4.69) is 15.6 Å². The van der Waals surface area contributed by atoms with E-state index in [1.54, 1.807) is 24.3 Å². The van der Waals surface area contributed by atoms with Gasteiger partial charge < -0.3 is 15.7 Å². The molecule has 2 rings (SSSR count). The molecule has 30 heavy (non-hydrogen) atoms. The van der Waals surface area contributed by atoms with Crippen LogP contribution in [0.25, 0.3) is 0 Å². The summed E-state index contributed by atoms with van der Waals surface area (Å²) >= 11 is 5.86. The van der Waals surface area contributed by atoms with Crippen molar-refractivity contribution in [1.82, 2.24) is 15.5 Å². The highest BCUT2D eigenvalue weighted by Crippen LogP contribution is 2.24. The fraction of sp³-hybridized carbons (Fsp3) is 0.650. The average molecular weight is 563 g/mol. The Kier molecular flexibility index (Phi) is 12.3. The molecular formula is C20H31ClF3IN4O. The highest BCUT2D eigenvalue weighted by molar-refractivity contribution is 14.0. The molecule has 172 valence electrons. The maximum atomic E-state index is 12.5. The number of nitrogens with zero attached hydrogens (tertiary/aromatic N) is 2. The van der Waals surface area contributed by atoms with Crippen molar-refractivity contribution in [2.75, 3.05) is 39.3 Å². The van der Waals surface area contributed by atoms with Gasteiger partial charge in [0, 0.05) is 18.1 Å². The molecule has 1 aliphatic rings. The second-order valence-electron chi connectivity index (χ2n) is 7.34. The van der Waals surface area contributed by atoms with Gasteiger partial charge in [0.2, 0.25) is 0 Å². The molecule has 0 radical (unpaired) electrons. The second-order valence-corrected chi connectivity index (χ2v) is 7.77. The van der Waals surface area contributed by atoms with Crippen LogP contribution in [0.3, 0.4) is 0 Å². The molecule has 1 heterocycles. The lowest BCUT2D eigenvalue weighted by atomic mass is 9.93. The normalized spacial score (nSPS) is 17.3. The third-order valence-corrected chi connectivity index (χ3v) is 5.23. The summed E-state index contributed by atoms with van der Waals surface area (Å²) in [5.74, 6) is 1.03. The van der Waals surface area contributed by atoms with Crippen LogP contribution in [0, 0.1) is 5.92 Å². The van der Waals surface area contributed by atoms with E-state index in [1.807, 2.05) is 6.92 Å². The molecular weight excluding hydrogens is 532 g/mol. The lowest BCUT2D eigenvalue weighted by Crippen LogP contribution is -2.41. The maximum Gasteiger partial charge on any atom is 0.401 e. The monoisotopic (exact) mass is 562 g/mol. The highest BCUT2D eigenvalue weighted by atomic mass is 127. The molecule has 0 bridgehead atoms. The number of nitrogens with one attached hydrogen (secondary N) is 2. The molecule has 0 spiro atoms. The molecule has 1 saturated heterocycles. The Morgan fingerprint density at radius 2 is 1.87 bits per heavy atom. The fourth-order valence-electron chi connectivity index (χ4n) is 3.39.